The van der Waals surface area contributed by atoms with Gasteiger partial charge in [0.2, 0.25) is 0 Å². The molecular weight excluding hydrogens is 158 g/mol. The van der Waals surface area contributed by atoms with Crippen LogP contribution in [-0.2, 0) is 0 Å². The zero-order chi connectivity index (χ0) is 9.73. The summed E-state index contributed by atoms with van der Waals surface area (Å²) in [6.45, 7) is 10.6. The van der Waals surface area contributed by atoms with Crippen molar-refractivity contribution in [2.75, 3.05) is 13.1 Å². The average Bonchev–Trinajstić information content (AvgIpc) is 2.02. The summed E-state index contributed by atoms with van der Waals surface area (Å²) in [4.78, 5) is 0. The Morgan fingerprint density at radius 2 is 2.15 bits per heavy atom. The fraction of sp³-hybridized carbons (Fsp3) is 0.833. The molecule has 0 unspecified atom stereocenters. The van der Waals surface area contributed by atoms with Crippen molar-refractivity contribution >= 4 is 0 Å². The second-order valence-corrected chi connectivity index (χ2v) is 4.59. The third kappa shape index (κ3) is 3.15. The van der Waals surface area contributed by atoms with E-state index in [2.05, 4.69) is 25.7 Å². The van der Waals surface area contributed by atoms with Gasteiger partial charge < -0.3 is 5.32 Å². The van der Waals surface area contributed by atoms with E-state index in [-0.39, 0.29) is 0 Å². The molecular formula is C12H23N. The van der Waals surface area contributed by atoms with Gasteiger partial charge in [0.05, 0.1) is 0 Å². The molecule has 1 saturated carbocycles. The molecule has 1 aliphatic carbocycles. The largest absolute Gasteiger partial charge is 0.316 e. The van der Waals surface area contributed by atoms with Gasteiger partial charge in [0.15, 0.2) is 0 Å². The van der Waals surface area contributed by atoms with Gasteiger partial charge in [0.25, 0.3) is 0 Å². The lowest BCUT2D eigenvalue weighted by Crippen LogP contribution is -2.39. The van der Waals surface area contributed by atoms with Gasteiger partial charge in [-0.05, 0) is 44.6 Å². The highest BCUT2D eigenvalue weighted by molar-refractivity contribution is 4.95. The lowest BCUT2D eigenvalue weighted by molar-refractivity contribution is 0.118. The summed E-state index contributed by atoms with van der Waals surface area (Å²) in [7, 11) is 0. The molecule has 0 amide bonds. The molecule has 13 heavy (non-hydrogen) atoms. The maximum absolute atomic E-state index is 3.98. The van der Waals surface area contributed by atoms with E-state index in [1.807, 2.05) is 0 Å². The molecule has 0 aromatic rings. The quantitative estimate of drug-likeness (QED) is 0.621. The minimum Gasteiger partial charge on any atom is -0.316 e. The van der Waals surface area contributed by atoms with E-state index in [0.29, 0.717) is 5.41 Å². The fourth-order valence-corrected chi connectivity index (χ4v) is 2.06. The van der Waals surface area contributed by atoms with E-state index in [4.69, 9.17) is 0 Å². The molecule has 1 nitrogen and oxygen atoms in total. The normalized spacial score (nSPS) is 19.5. The van der Waals surface area contributed by atoms with Crippen LogP contribution in [0.4, 0.5) is 0 Å². The van der Waals surface area contributed by atoms with Crippen LogP contribution in [0.3, 0.4) is 0 Å². The molecule has 76 valence electrons. The monoisotopic (exact) mass is 181 g/mol. The first-order valence-corrected chi connectivity index (χ1v) is 5.54. The molecule has 0 heterocycles. The van der Waals surface area contributed by atoms with Crippen LogP contribution < -0.4 is 5.32 Å². The Balaban J connectivity index is 2.27. The summed E-state index contributed by atoms with van der Waals surface area (Å²) in [6.07, 6.45) is 6.84. The lowest BCUT2D eigenvalue weighted by Gasteiger charge is -2.42. The molecule has 1 aliphatic rings. The molecule has 1 rings (SSSR count). The standard InChI is InChI=1S/C12H23N/c1-4-13-10-12(7-5-8-12)9-6-11(2)3/h13H,2,4-10H2,1,3H3. The topological polar surface area (TPSA) is 12.0 Å². The number of allylic oxidation sites excluding steroid dienone is 1. The van der Waals surface area contributed by atoms with Crippen molar-refractivity contribution in [2.45, 2.75) is 46.0 Å². The van der Waals surface area contributed by atoms with Crippen molar-refractivity contribution in [3.8, 4) is 0 Å². The highest BCUT2D eigenvalue weighted by Gasteiger charge is 2.35. The van der Waals surface area contributed by atoms with Crippen molar-refractivity contribution in [1.82, 2.24) is 5.32 Å². The van der Waals surface area contributed by atoms with Crippen LogP contribution in [0.1, 0.15) is 46.0 Å². The Kier molecular flexibility index (Phi) is 3.98. The van der Waals surface area contributed by atoms with Gasteiger partial charge in [-0.3, -0.25) is 0 Å². The van der Waals surface area contributed by atoms with E-state index in [1.165, 1.54) is 44.2 Å². The first kappa shape index (κ1) is 10.8. The van der Waals surface area contributed by atoms with E-state index >= 15 is 0 Å². The predicted octanol–water partition coefficient (Wildman–Crippen LogP) is 3.12. The van der Waals surface area contributed by atoms with Gasteiger partial charge in [-0.1, -0.05) is 18.9 Å². The Bertz CT molecular complexity index is 168. The Hall–Kier alpha value is -0.300. The van der Waals surface area contributed by atoms with E-state index < -0.39 is 0 Å². The maximum Gasteiger partial charge on any atom is 0.000780 e. The maximum atomic E-state index is 3.98. The smallest absolute Gasteiger partial charge is 0.000780 e. The van der Waals surface area contributed by atoms with Gasteiger partial charge in [-0.25, -0.2) is 0 Å². The average molecular weight is 181 g/mol. The molecule has 0 bridgehead atoms. The molecule has 1 heteroatoms. The van der Waals surface area contributed by atoms with Gasteiger partial charge >= 0.3 is 0 Å². The van der Waals surface area contributed by atoms with Crippen molar-refractivity contribution in [3.63, 3.8) is 0 Å². The summed E-state index contributed by atoms with van der Waals surface area (Å²) in [6, 6.07) is 0. The molecule has 1 fully saturated rings. The minimum atomic E-state index is 0.634. The Morgan fingerprint density at radius 3 is 2.54 bits per heavy atom. The summed E-state index contributed by atoms with van der Waals surface area (Å²) in [5.74, 6) is 0. The van der Waals surface area contributed by atoms with Crippen LogP contribution in [0.25, 0.3) is 0 Å². The molecule has 0 aliphatic heterocycles. The van der Waals surface area contributed by atoms with Crippen molar-refractivity contribution < 1.29 is 0 Å². The van der Waals surface area contributed by atoms with Gasteiger partial charge in [0.1, 0.15) is 0 Å². The van der Waals surface area contributed by atoms with Crippen LogP contribution in [0, 0.1) is 5.41 Å². The van der Waals surface area contributed by atoms with Crippen LogP contribution in [0.2, 0.25) is 0 Å². The lowest BCUT2D eigenvalue weighted by atomic mass is 9.65. The van der Waals surface area contributed by atoms with Crippen LogP contribution >= 0.6 is 0 Å². The van der Waals surface area contributed by atoms with Gasteiger partial charge in [0, 0.05) is 6.54 Å². The molecule has 0 radical (unpaired) electrons. The molecule has 0 saturated heterocycles. The van der Waals surface area contributed by atoms with Crippen molar-refractivity contribution in [1.29, 1.82) is 0 Å². The fourth-order valence-electron chi connectivity index (χ4n) is 2.06. The minimum absolute atomic E-state index is 0.634. The van der Waals surface area contributed by atoms with Crippen LogP contribution in [0.15, 0.2) is 12.2 Å². The number of hydrogen-bond acceptors (Lipinski definition) is 1. The van der Waals surface area contributed by atoms with E-state index in [1.54, 1.807) is 0 Å². The first-order chi connectivity index (χ1) is 6.18. The van der Waals surface area contributed by atoms with E-state index in [0.717, 1.165) is 6.54 Å². The van der Waals surface area contributed by atoms with Gasteiger partial charge in [-0.15, -0.1) is 6.58 Å². The number of hydrogen-bond donors (Lipinski definition) is 1. The van der Waals surface area contributed by atoms with Gasteiger partial charge in [-0.2, -0.15) is 0 Å². The summed E-state index contributed by atoms with van der Waals surface area (Å²) >= 11 is 0. The first-order valence-electron chi connectivity index (χ1n) is 5.54. The second kappa shape index (κ2) is 4.80. The SMILES string of the molecule is C=C(C)CCC1(CNCC)CCC1. The van der Waals surface area contributed by atoms with Crippen molar-refractivity contribution in [3.05, 3.63) is 12.2 Å². The summed E-state index contributed by atoms with van der Waals surface area (Å²) in [5.41, 5.74) is 1.97. The van der Waals surface area contributed by atoms with Crippen LogP contribution in [0.5, 0.6) is 0 Å². The molecule has 0 aromatic carbocycles. The molecule has 0 atom stereocenters. The second-order valence-electron chi connectivity index (χ2n) is 4.59. The van der Waals surface area contributed by atoms with Crippen LogP contribution in [-0.4, -0.2) is 13.1 Å². The Labute approximate surface area is 82.6 Å². The van der Waals surface area contributed by atoms with Crippen molar-refractivity contribution in [2.24, 2.45) is 5.41 Å². The highest BCUT2D eigenvalue weighted by Crippen LogP contribution is 2.44. The summed E-state index contributed by atoms with van der Waals surface area (Å²) in [5, 5.41) is 3.49. The third-order valence-corrected chi connectivity index (χ3v) is 3.25. The van der Waals surface area contributed by atoms with E-state index in [9.17, 15) is 0 Å². The summed E-state index contributed by atoms with van der Waals surface area (Å²) < 4.78 is 0. The third-order valence-electron chi connectivity index (χ3n) is 3.25. The predicted molar refractivity (Wildman–Crippen MR) is 58.9 cm³/mol. The molecule has 0 spiro atoms. The zero-order valence-corrected chi connectivity index (χ0v) is 9.16. The number of nitrogens with one attached hydrogen (secondary N) is 1. The number of rotatable bonds is 6. The molecule has 0 aromatic heterocycles. The molecule has 1 N–H and O–H groups in total. The highest BCUT2D eigenvalue weighted by atomic mass is 14.9. The zero-order valence-electron chi connectivity index (χ0n) is 9.16. The Morgan fingerprint density at radius 1 is 1.46 bits per heavy atom.